The van der Waals surface area contributed by atoms with Crippen LogP contribution in [0.4, 0.5) is 18.0 Å². The number of aromatic nitrogens is 2. The molecule has 43 heavy (non-hydrogen) atoms. The van der Waals surface area contributed by atoms with E-state index in [2.05, 4.69) is 4.98 Å². The molecule has 0 saturated carbocycles. The molecule has 1 saturated heterocycles. The Labute approximate surface area is 257 Å². The van der Waals surface area contributed by atoms with Crippen molar-refractivity contribution in [3.8, 4) is 0 Å². The van der Waals surface area contributed by atoms with Gasteiger partial charge in [0.1, 0.15) is 5.60 Å². The van der Waals surface area contributed by atoms with Gasteiger partial charge in [-0.1, -0.05) is 30.1 Å². The van der Waals surface area contributed by atoms with Gasteiger partial charge >= 0.3 is 12.3 Å². The van der Waals surface area contributed by atoms with Gasteiger partial charge in [-0.2, -0.15) is 13.2 Å². The minimum atomic E-state index is -4.84. The van der Waals surface area contributed by atoms with Crippen molar-refractivity contribution in [3.05, 3.63) is 67.7 Å². The van der Waals surface area contributed by atoms with Crippen molar-refractivity contribution in [2.24, 2.45) is 0 Å². The molecule has 15 heteroatoms. The van der Waals surface area contributed by atoms with Crippen LogP contribution >= 0.6 is 23.2 Å². The molecule has 1 aliphatic rings. The zero-order valence-electron chi connectivity index (χ0n) is 24.0. The first kappa shape index (κ1) is 33.0. The van der Waals surface area contributed by atoms with Crippen LogP contribution in [-0.2, 0) is 33.8 Å². The Bertz CT molecular complexity index is 1710. The number of halogens is 5. The van der Waals surface area contributed by atoms with Crippen LogP contribution in [0, 0.1) is 0 Å². The maximum absolute atomic E-state index is 14.3. The fourth-order valence-electron chi connectivity index (χ4n) is 4.78. The van der Waals surface area contributed by atoms with Crippen LogP contribution in [0.1, 0.15) is 44.4 Å². The molecule has 0 spiro atoms. The Morgan fingerprint density at radius 3 is 2.28 bits per heavy atom. The van der Waals surface area contributed by atoms with Crippen LogP contribution in [-0.4, -0.2) is 71.4 Å². The summed E-state index contributed by atoms with van der Waals surface area (Å²) in [4.78, 5) is 33.2. The summed E-state index contributed by atoms with van der Waals surface area (Å²) in [7, 11) is -3.69. The first-order chi connectivity index (χ1) is 19.9. The molecule has 3 aromatic rings. The van der Waals surface area contributed by atoms with Crippen molar-refractivity contribution in [1.82, 2.24) is 19.4 Å². The summed E-state index contributed by atoms with van der Waals surface area (Å²) < 4.78 is 74.6. The molecule has 4 rings (SSSR count). The van der Waals surface area contributed by atoms with Crippen molar-refractivity contribution in [1.29, 1.82) is 0 Å². The SMILES string of the molecule is CCS(=O)(=O)c1ccc(Cl)cc1Cn1cnc2c(Cl)c(CN3CCN(C(=O)OC(C)(C)C)CC3)c(C(F)(F)F)cc2c1=O. The number of carbonyl (C=O) groups excluding carboxylic acids is 1. The lowest BCUT2D eigenvalue weighted by molar-refractivity contribution is -0.138. The highest BCUT2D eigenvalue weighted by molar-refractivity contribution is 7.91. The molecule has 1 aromatic heterocycles. The molecule has 0 aliphatic carbocycles. The molecule has 1 amide bonds. The van der Waals surface area contributed by atoms with Gasteiger partial charge in [0.2, 0.25) is 0 Å². The fourth-order valence-corrected chi connectivity index (χ4v) is 6.39. The van der Waals surface area contributed by atoms with Crippen LogP contribution in [0.25, 0.3) is 10.9 Å². The van der Waals surface area contributed by atoms with E-state index in [1.54, 1.807) is 25.7 Å². The van der Waals surface area contributed by atoms with E-state index in [1.807, 2.05) is 0 Å². The number of amides is 1. The average molecular weight is 664 g/mol. The van der Waals surface area contributed by atoms with E-state index in [-0.39, 0.29) is 82.0 Å². The normalized spacial score (nSPS) is 15.2. The lowest BCUT2D eigenvalue weighted by Crippen LogP contribution is -2.49. The molecule has 2 aromatic carbocycles. The molecule has 1 aliphatic heterocycles. The third-order valence-electron chi connectivity index (χ3n) is 6.95. The lowest BCUT2D eigenvalue weighted by atomic mass is 10.0. The zero-order chi connectivity index (χ0) is 31.9. The summed E-state index contributed by atoms with van der Waals surface area (Å²) in [6.45, 7) is 7.30. The standard InChI is InChI=1S/C28H31Cl2F3N4O5S/c1-5-43(40,41)22-7-6-18(29)12-17(22)14-37-16-34-24-19(25(37)38)13-21(28(31,32)33)20(23(24)30)15-35-8-10-36(11-9-35)26(39)42-27(2,3)4/h6-7,12-13,16H,5,8-11,14-15H2,1-4H3. The van der Waals surface area contributed by atoms with Crippen molar-refractivity contribution < 1.29 is 31.1 Å². The number of ether oxygens (including phenoxy) is 1. The molecule has 0 bridgehead atoms. The Morgan fingerprint density at radius 1 is 1.05 bits per heavy atom. The number of nitrogens with zero attached hydrogens (tertiary/aromatic N) is 4. The summed E-state index contributed by atoms with van der Waals surface area (Å²) in [6, 6.07) is 4.86. The number of fused-ring (bicyclic) bond motifs is 1. The second-order valence-corrected chi connectivity index (χ2v) is 14.2. The fraction of sp³-hybridized carbons (Fsp3) is 0.464. The minimum absolute atomic E-state index is 0.0393. The van der Waals surface area contributed by atoms with Gasteiger partial charge in [0.15, 0.2) is 9.84 Å². The molecule has 0 atom stereocenters. The second-order valence-electron chi connectivity index (χ2n) is 11.2. The molecular weight excluding hydrogens is 632 g/mol. The summed E-state index contributed by atoms with van der Waals surface area (Å²) in [5, 5.41) is -0.438. The summed E-state index contributed by atoms with van der Waals surface area (Å²) >= 11 is 12.6. The van der Waals surface area contributed by atoms with E-state index < -0.39 is 38.8 Å². The Balaban J connectivity index is 1.68. The van der Waals surface area contributed by atoms with Gasteiger partial charge in [0, 0.05) is 37.7 Å². The highest BCUT2D eigenvalue weighted by Gasteiger charge is 2.37. The number of carbonyl (C=O) groups is 1. The van der Waals surface area contributed by atoms with Gasteiger partial charge in [-0.15, -0.1) is 0 Å². The van der Waals surface area contributed by atoms with Gasteiger partial charge in [-0.25, -0.2) is 18.2 Å². The van der Waals surface area contributed by atoms with Crippen molar-refractivity contribution in [2.75, 3.05) is 31.9 Å². The number of alkyl halides is 3. The lowest BCUT2D eigenvalue weighted by Gasteiger charge is -2.36. The van der Waals surface area contributed by atoms with E-state index in [0.717, 1.165) is 17.0 Å². The Kier molecular flexibility index (Phi) is 9.42. The quantitative estimate of drug-likeness (QED) is 0.338. The van der Waals surface area contributed by atoms with Gasteiger partial charge in [0.25, 0.3) is 5.56 Å². The van der Waals surface area contributed by atoms with Crippen LogP contribution < -0.4 is 5.56 Å². The Morgan fingerprint density at radius 2 is 1.70 bits per heavy atom. The molecular formula is C28H31Cl2F3N4O5S. The largest absolute Gasteiger partial charge is 0.444 e. The van der Waals surface area contributed by atoms with Gasteiger partial charge in [0.05, 0.1) is 45.0 Å². The van der Waals surface area contributed by atoms with Crippen LogP contribution in [0.5, 0.6) is 0 Å². The number of hydrogen-bond donors (Lipinski definition) is 0. The zero-order valence-corrected chi connectivity index (χ0v) is 26.3. The molecule has 234 valence electrons. The van der Waals surface area contributed by atoms with Crippen LogP contribution in [0.2, 0.25) is 10.0 Å². The van der Waals surface area contributed by atoms with Gasteiger partial charge < -0.3 is 9.64 Å². The highest BCUT2D eigenvalue weighted by atomic mass is 35.5. The first-order valence-electron chi connectivity index (χ1n) is 13.4. The van der Waals surface area contributed by atoms with Crippen molar-refractivity contribution in [3.63, 3.8) is 0 Å². The smallest absolute Gasteiger partial charge is 0.416 e. The van der Waals surface area contributed by atoms with Crippen LogP contribution in [0.3, 0.4) is 0 Å². The second kappa shape index (κ2) is 12.3. The van der Waals surface area contributed by atoms with E-state index in [9.17, 15) is 31.2 Å². The van der Waals surface area contributed by atoms with Gasteiger partial charge in [-0.3, -0.25) is 14.3 Å². The monoisotopic (exact) mass is 662 g/mol. The van der Waals surface area contributed by atoms with Crippen LogP contribution in [0.15, 0.2) is 40.3 Å². The molecule has 0 N–H and O–H groups in total. The average Bonchev–Trinajstić information content (AvgIpc) is 2.90. The number of sulfone groups is 1. The van der Waals surface area contributed by atoms with E-state index in [4.69, 9.17) is 27.9 Å². The number of rotatable bonds is 6. The van der Waals surface area contributed by atoms with E-state index in [1.165, 1.54) is 30.0 Å². The maximum atomic E-state index is 14.3. The third-order valence-corrected chi connectivity index (χ3v) is 9.42. The summed E-state index contributed by atoms with van der Waals surface area (Å²) in [6.07, 6.45) is -4.21. The molecule has 0 radical (unpaired) electrons. The van der Waals surface area contributed by atoms with Crippen molar-refractivity contribution >= 4 is 50.0 Å². The predicted molar refractivity (Wildman–Crippen MR) is 157 cm³/mol. The predicted octanol–water partition coefficient (Wildman–Crippen LogP) is 5.62. The van der Waals surface area contributed by atoms with Crippen molar-refractivity contribution in [2.45, 2.75) is 57.5 Å². The van der Waals surface area contributed by atoms with Gasteiger partial charge in [-0.05, 0) is 56.2 Å². The Hall–Kier alpha value is -2.87. The highest BCUT2D eigenvalue weighted by Crippen LogP contribution is 2.39. The molecule has 1 fully saturated rings. The number of piperazine rings is 1. The molecule has 0 unspecified atom stereocenters. The minimum Gasteiger partial charge on any atom is -0.444 e. The van der Waals surface area contributed by atoms with E-state index >= 15 is 0 Å². The molecule has 2 heterocycles. The number of hydrogen-bond acceptors (Lipinski definition) is 7. The topological polar surface area (TPSA) is 102 Å². The van der Waals surface area contributed by atoms with E-state index in [0.29, 0.717) is 0 Å². The number of benzene rings is 2. The molecule has 9 nitrogen and oxygen atoms in total. The summed E-state index contributed by atoms with van der Waals surface area (Å²) in [5.41, 5.74) is -2.72. The summed E-state index contributed by atoms with van der Waals surface area (Å²) in [5.74, 6) is -0.199. The first-order valence-corrected chi connectivity index (χ1v) is 15.8. The third kappa shape index (κ3) is 7.44. The maximum Gasteiger partial charge on any atom is 0.416 e.